The van der Waals surface area contributed by atoms with Gasteiger partial charge in [-0.2, -0.15) is 5.10 Å². The average Bonchev–Trinajstić information content (AvgIpc) is 3.08. The quantitative estimate of drug-likeness (QED) is 0.783. The molecule has 0 aliphatic carbocycles. The van der Waals surface area contributed by atoms with Gasteiger partial charge in [0.2, 0.25) is 0 Å². The van der Waals surface area contributed by atoms with Gasteiger partial charge in [-0.1, -0.05) is 0 Å². The lowest BCUT2D eigenvalue weighted by molar-refractivity contribution is 0.248. The molecule has 5 heteroatoms. The van der Waals surface area contributed by atoms with Crippen LogP contribution in [-0.2, 0) is 0 Å². The molecular weight excluding hydrogens is 315 g/mol. The van der Waals surface area contributed by atoms with Crippen molar-refractivity contribution in [3.63, 3.8) is 0 Å². The van der Waals surface area contributed by atoms with E-state index in [0.29, 0.717) is 5.92 Å². The standard InChI is InChI=1S/C20H21FN4/c1-25-12-2-3-16(13-25)20-18(14-8-10-22-11-9-14)19(23-24-20)15-4-6-17(21)7-5-15/h4-11,16H,2-3,12-13H2,1H3,(H,23,24)/t16-/m1/s1. The van der Waals surface area contributed by atoms with Gasteiger partial charge in [0.1, 0.15) is 11.5 Å². The number of nitrogens with zero attached hydrogens (tertiary/aromatic N) is 3. The number of aromatic amines is 1. The molecule has 0 unspecified atom stereocenters. The highest BCUT2D eigenvalue weighted by molar-refractivity contribution is 5.82. The van der Waals surface area contributed by atoms with Crippen LogP contribution in [0.1, 0.15) is 24.5 Å². The summed E-state index contributed by atoms with van der Waals surface area (Å²) in [5.74, 6) is 0.183. The molecule has 1 aliphatic heterocycles. The van der Waals surface area contributed by atoms with Gasteiger partial charge < -0.3 is 4.90 Å². The Bertz CT molecular complexity index is 842. The van der Waals surface area contributed by atoms with Gasteiger partial charge in [-0.25, -0.2) is 4.39 Å². The van der Waals surface area contributed by atoms with Crippen molar-refractivity contribution in [1.82, 2.24) is 20.1 Å². The highest BCUT2D eigenvalue weighted by Crippen LogP contribution is 2.38. The molecule has 1 N–H and O–H groups in total. The third-order valence-corrected chi connectivity index (χ3v) is 4.91. The van der Waals surface area contributed by atoms with Gasteiger partial charge in [-0.15, -0.1) is 0 Å². The number of hydrogen-bond donors (Lipinski definition) is 1. The zero-order valence-corrected chi connectivity index (χ0v) is 14.2. The maximum absolute atomic E-state index is 13.3. The summed E-state index contributed by atoms with van der Waals surface area (Å²) in [7, 11) is 2.16. The highest BCUT2D eigenvalue weighted by atomic mass is 19.1. The summed E-state index contributed by atoms with van der Waals surface area (Å²) >= 11 is 0. The fraction of sp³-hybridized carbons (Fsp3) is 0.300. The third kappa shape index (κ3) is 3.20. The molecule has 1 aromatic carbocycles. The lowest BCUT2D eigenvalue weighted by Crippen LogP contribution is -2.31. The topological polar surface area (TPSA) is 44.8 Å². The van der Waals surface area contributed by atoms with Gasteiger partial charge in [0, 0.05) is 41.7 Å². The second-order valence-corrected chi connectivity index (χ2v) is 6.71. The number of halogens is 1. The van der Waals surface area contributed by atoms with Crippen LogP contribution in [0.15, 0.2) is 48.8 Å². The minimum absolute atomic E-state index is 0.237. The van der Waals surface area contributed by atoms with Crippen LogP contribution < -0.4 is 0 Å². The Morgan fingerprint density at radius 3 is 2.56 bits per heavy atom. The number of hydrogen-bond acceptors (Lipinski definition) is 3. The van der Waals surface area contributed by atoms with Crippen LogP contribution in [0.2, 0.25) is 0 Å². The van der Waals surface area contributed by atoms with Gasteiger partial charge in [0.15, 0.2) is 0 Å². The van der Waals surface area contributed by atoms with Crippen molar-refractivity contribution in [2.24, 2.45) is 0 Å². The zero-order chi connectivity index (χ0) is 17.2. The lowest BCUT2D eigenvalue weighted by Gasteiger charge is -2.29. The number of rotatable bonds is 3. The van der Waals surface area contributed by atoms with Gasteiger partial charge in [0.25, 0.3) is 0 Å². The molecule has 4 nitrogen and oxygen atoms in total. The van der Waals surface area contributed by atoms with Crippen molar-refractivity contribution in [2.75, 3.05) is 20.1 Å². The molecule has 1 saturated heterocycles. The van der Waals surface area contributed by atoms with E-state index in [-0.39, 0.29) is 5.82 Å². The van der Waals surface area contributed by atoms with Crippen LogP contribution in [0.3, 0.4) is 0 Å². The number of pyridine rings is 1. The summed E-state index contributed by atoms with van der Waals surface area (Å²) in [6.45, 7) is 2.16. The Balaban J connectivity index is 1.83. The molecule has 2 aromatic heterocycles. The number of benzene rings is 1. The van der Waals surface area contributed by atoms with E-state index in [1.807, 2.05) is 12.1 Å². The molecule has 0 radical (unpaired) electrons. The number of nitrogens with one attached hydrogen (secondary N) is 1. The van der Waals surface area contributed by atoms with E-state index >= 15 is 0 Å². The number of likely N-dealkylation sites (N-methyl/N-ethyl adjacent to an activating group) is 1. The van der Waals surface area contributed by atoms with Gasteiger partial charge in [-0.05, 0) is 68.4 Å². The van der Waals surface area contributed by atoms with E-state index < -0.39 is 0 Å². The summed E-state index contributed by atoms with van der Waals surface area (Å²) in [6.07, 6.45) is 5.93. The lowest BCUT2D eigenvalue weighted by atomic mass is 9.89. The minimum atomic E-state index is -0.237. The maximum Gasteiger partial charge on any atom is 0.123 e. The van der Waals surface area contributed by atoms with Crippen LogP contribution in [-0.4, -0.2) is 40.2 Å². The third-order valence-electron chi connectivity index (χ3n) is 4.91. The molecule has 3 heterocycles. The Labute approximate surface area is 146 Å². The highest BCUT2D eigenvalue weighted by Gasteiger charge is 2.26. The smallest absolute Gasteiger partial charge is 0.123 e. The predicted molar refractivity (Wildman–Crippen MR) is 96.7 cm³/mol. The van der Waals surface area contributed by atoms with E-state index in [1.54, 1.807) is 24.5 Å². The molecule has 1 fully saturated rings. The second kappa shape index (κ2) is 6.76. The SMILES string of the molecule is CN1CCC[C@@H](c2[nH]nc(-c3ccc(F)cc3)c2-c2ccncc2)C1. The van der Waals surface area contributed by atoms with Crippen molar-refractivity contribution in [3.8, 4) is 22.4 Å². The Morgan fingerprint density at radius 1 is 1.08 bits per heavy atom. The van der Waals surface area contributed by atoms with E-state index in [9.17, 15) is 4.39 Å². The van der Waals surface area contributed by atoms with Crippen LogP contribution in [0.4, 0.5) is 4.39 Å². The summed E-state index contributed by atoms with van der Waals surface area (Å²) in [5, 5.41) is 7.89. The van der Waals surface area contributed by atoms with Gasteiger partial charge in [0.05, 0.1) is 0 Å². The second-order valence-electron chi connectivity index (χ2n) is 6.71. The van der Waals surface area contributed by atoms with Crippen molar-refractivity contribution >= 4 is 0 Å². The van der Waals surface area contributed by atoms with E-state index in [0.717, 1.165) is 47.6 Å². The summed E-state index contributed by atoms with van der Waals surface area (Å²) < 4.78 is 13.3. The van der Waals surface area contributed by atoms with Crippen molar-refractivity contribution in [3.05, 3.63) is 60.3 Å². The van der Waals surface area contributed by atoms with Crippen LogP contribution in [0, 0.1) is 5.82 Å². The number of aromatic nitrogens is 3. The van der Waals surface area contributed by atoms with Gasteiger partial charge >= 0.3 is 0 Å². The van der Waals surface area contributed by atoms with Crippen LogP contribution in [0.5, 0.6) is 0 Å². The van der Waals surface area contributed by atoms with E-state index in [2.05, 4.69) is 27.1 Å². The number of piperidine rings is 1. The molecule has 3 aromatic rings. The molecule has 0 spiro atoms. The molecule has 25 heavy (non-hydrogen) atoms. The van der Waals surface area contributed by atoms with Crippen molar-refractivity contribution in [1.29, 1.82) is 0 Å². The first-order chi connectivity index (χ1) is 12.2. The molecule has 0 amide bonds. The summed E-state index contributed by atoms with van der Waals surface area (Å²) in [6, 6.07) is 10.5. The molecule has 0 saturated carbocycles. The maximum atomic E-state index is 13.3. The normalized spacial score (nSPS) is 18.4. The first-order valence-corrected chi connectivity index (χ1v) is 8.65. The summed E-state index contributed by atoms with van der Waals surface area (Å²) in [4.78, 5) is 6.50. The van der Waals surface area contributed by atoms with Crippen molar-refractivity contribution in [2.45, 2.75) is 18.8 Å². The molecular formula is C20H21FN4. The fourth-order valence-electron chi connectivity index (χ4n) is 3.68. The molecule has 0 bridgehead atoms. The van der Waals surface area contributed by atoms with E-state index in [1.165, 1.54) is 18.6 Å². The first-order valence-electron chi connectivity index (χ1n) is 8.65. The Kier molecular flexibility index (Phi) is 4.32. The molecule has 1 atom stereocenters. The predicted octanol–water partition coefficient (Wildman–Crippen LogP) is 4.09. The van der Waals surface area contributed by atoms with Crippen LogP contribution in [0.25, 0.3) is 22.4 Å². The average molecular weight is 336 g/mol. The largest absolute Gasteiger partial charge is 0.306 e. The monoisotopic (exact) mass is 336 g/mol. The van der Waals surface area contributed by atoms with Gasteiger partial charge in [-0.3, -0.25) is 10.1 Å². The Hall–Kier alpha value is -2.53. The molecule has 4 rings (SSSR count). The summed E-state index contributed by atoms with van der Waals surface area (Å²) in [5.41, 5.74) is 5.15. The minimum Gasteiger partial charge on any atom is -0.306 e. The number of likely N-dealkylation sites (tertiary alicyclic amines) is 1. The Morgan fingerprint density at radius 2 is 1.84 bits per heavy atom. The first kappa shape index (κ1) is 16.0. The molecule has 128 valence electrons. The fourth-order valence-corrected chi connectivity index (χ4v) is 3.68. The number of H-pyrrole nitrogens is 1. The van der Waals surface area contributed by atoms with Crippen LogP contribution >= 0.6 is 0 Å². The van der Waals surface area contributed by atoms with E-state index in [4.69, 9.17) is 0 Å². The van der Waals surface area contributed by atoms with Crippen molar-refractivity contribution < 1.29 is 4.39 Å². The molecule has 1 aliphatic rings. The zero-order valence-electron chi connectivity index (χ0n) is 14.2.